The second kappa shape index (κ2) is 4.94. The molecule has 0 aromatic heterocycles. The van der Waals surface area contributed by atoms with Gasteiger partial charge in [0.1, 0.15) is 0 Å². The first-order valence-electron chi connectivity index (χ1n) is 4.36. The molecule has 0 aliphatic rings. The zero-order valence-corrected chi connectivity index (χ0v) is 9.25. The van der Waals surface area contributed by atoms with Crippen LogP contribution in [0.25, 0.3) is 0 Å². The first-order chi connectivity index (χ1) is 7.06. The summed E-state index contributed by atoms with van der Waals surface area (Å²) in [6.45, 7) is 5.15. The van der Waals surface area contributed by atoms with Crippen molar-refractivity contribution in [3.8, 4) is 0 Å². The Morgan fingerprint density at radius 1 is 1.40 bits per heavy atom. The predicted octanol–water partition coefficient (Wildman–Crippen LogP) is 2.04. The number of hydrogen-bond donors (Lipinski definition) is 0. The van der Waals surface area contributed by atoms with Crippen LogP contribution in [0.5, 0.6) is 0 Å². The zero-order valence-electron chi connectivity index (χ0n) is 8.43. The molecule has 15 heavy (non-hydrogen) atoms. The van der Waals surface area contributed by atoms with Crippen LogP contribution in [0, 0.1) is 6.92 Å². The Balaban J connectivity index is 2.86. The SMILES string of the molecule is C=C=CCOS(=O)(=O)c1ccc(C)cc1. The maximum Gasteiger partial charge on any atom is 0.297 e. The van der Waals surface area contributed by atoms with Crippen LogP contribution in [0.2, 0.25) is 0 Å². The Hall–Kier alpha value is -1.35. The fourth-order valence-corrected chi connectivity index (χ4v) is 1.81. The number of benzene rings is 1. The van der Waals surface area contributed by atoms with Crippen molar-refractivity contribution >= 4 is 10.1 Å². The van der Waals surface area contributed by atoms with E-state index in [0.29, 0.717) is 0 Å². The van der Waals surface area contributed by atoms with Crippen LogP contribution in [0.1, 0.15) is 5.56 Å². The molecule has 0 saturated heterocycles. The minimum atomic E-state index is -3.65. The topological polar surface area (TPSA) is 43.4 Å². The van der Waals surface area contributed by atoms with Gasteiger partial charge in [-0.25, -0.2) is 0 Å². The van der Waals surface area contributed by atoms with Crippen molar-refractivity contribution in [3.05, 3.63) is 48.2 Å². The fraction of sp³-hybridized carbons (Fsp3) is 0.182. The molecule has 0 aliphatic carbocycles. The van der Waals surface area contributed by atoms with Crippen LogP contribution in [-0.4, -0.2) is 15.0 Å². The Labute approximate surface area is 89.8 Å². The Morgan fingerprint density at radius 3 is 2.53 bits per heavy atom. The fourth-order valence-electron chi connectivity index (χ4n) is 0.955. The summed E-state index contributed by atoms with van der Waals surface area (Å²) >= 11 is 0. The first-order valence-corrected chi connectivity index (χ1v) is 5.77. The molecule has 0 N–H and O–H groups in total. The Morgan fingerprint density at radius 2 is 2.00 bits per heavy atom. The normalized spacial score (nSPS) is 10.7. The molecule has 0 spiro atoms. The lowest BCUT2D eigenvalue weighted by molar-refractivity contribution is 0.357. The lowest BCUT2D eigenvalue weighted by atomic mass is 10.2. The Bertz CT molecular complexity index is 465. The monoisotopic (exact) mass is 224 g/mol. The van der Waals surface area contributed by atoms with Crippen LogP contribution >= 0.6 is 0 Å². The molecule has 0 amide bonds. The molecule has 1 aromatic carbocycles. The second-order valence-electron chi connectivity index (χ2n) is 2.96. The minimum absolute atomic E-state index is 0.0420. The van der Waals surface area contributed by atoms with Crippen LogP contribution in [0.15, 0.2) is 47.5 Å². The first kappa shape index (κ1) is 11.7. The average Bonchev–Trinajstić information content (AvgIpc) is 2.18. The third-order valence-corrected chi connectivity index (χ3v) is 3.06. The second-order valence-corrected chi connectivity index (χ2v) is 4.58. The molecule has 0 radical (unpaired) electrons. The maximum atomic E-state index is 11.5. The van der Waals surface area contributed by atoms with E-state index in [-0.39, 0.29) is 11.5 Å². The van der Waals surface area contributed by atoms with Gasteiger partial charge in [0.2, 0.25) is 0 Å². The van der Waals surface area contributed by atoms with Gasteiger partial charge in [-0.2, -0.15) is 8.42 Å². The van der Waals surface area contributed by atoms with Crippen molar-refractivity contribution in [2.75, 3.05) is 6.61 Å². The lowest BCUT2D eigenvalue weighted by Crippen LogP contribution is -2.06. The van der Waals surface area contributed by atoms with E-state index in [2.05, 4.69) is 12.3 Å². The van der Waals surface area contributed by atoms with Crippen LogP contribution in [0.3, 0.4) is 0 Å². The third-order valence-electron chi connectivity index (χ3n) is 1.76. The molecular weight excluding hydrogens is 212 g/mol. The van der Waals surface area contributed by atoms with Gasteiger partial charge in [0.05, 0.1) is 11.5 Å². The van der Waals surface area contributed by atoms with Gasteiger partial charge in [-0.15, -0.1) is 5.73 Å². The van der Waals surface area contributed by atoms with Crippen molar-refractivity contribution in [1.82, 2.24) is 0 Å². The van der Waals surface area contributed by atoms with Crippen molar-refractivity contribution in [3.63, 3.8) is 0 Å². The highest BCUT2D eigenvalue weighted by Crippen LogP contribution is 2.12. The summed E-state index contributed by atoms with van der Waals surface area (Å²) in [5.74, 6) is 0. The molecule has 0 fully saturated rings. The van der Waals surface area contributed by atoms with Crippen molar-refractivity contribution < 1.29 is 12.6 Å². The molecule has 0 bridgehead atoms. The summed E-state index contributed by atoms with van der Waals surface area (Å²) < 4.78 is 27.8. The highest BCUT2D eigenvalue weighted by molar-refractivity contribution is 7.86. The predicted molar refractivity (Wildman–Crippen MR) is 58.0 cm³/mol. The number of rotatable bonds is 4. The molecule has 80 valence electrons. The standard InChI is InChI=1S/C11H12O3S/c1-3-4-9-14-15(12,13)11-7-5-10(2)6-8-11/h4-8H,1,9H2,2H3. The van der Waals surface area contributed by atoms with E-state index in [9.17, 15) is 8.42 Å². The highest BCUT2D eigenvalue weighted by Gasteiger charge is 2.13. The van der Waals surface area contributed by atoms with Crippen LogP contribution < -0.4 is 0 Å². The van der Waals surface area contributed by atoms with Gasteiger partial charge in [0.25, 0.3) is 10.1 Å². The minimum Gasteiger partial charge on any atom is -0.262 e. The summed E-state index contributed by atoms with van der Waals surface area (Å²) in [5.41, 5.74) is 3.44. The van der Waals surface area contributed by atoms with Crippen LogP contribution in [-0.2, 0) is 14.3 Å². The molecule has 3 nitrogen and oxygen atoms in total. The van der Waals surface area contributed by atoms with Gasteiger partial charge in [0, 0.05) is 0 Å². The van der Waals surface area contributed by atoms with Crippen LogP contribution in [0.4, 0.5) is 0 Å². The highest BCUT2D eigenvalue weighted by atomic mass is 32.2. The zero-order chi connectivity index (χ0) is 11.3. The summed E-state index contributed by atoms with van der Waals surface area (Å²) in [6, 6.07) is 6.48. The molecule has 0 unspecified atom stereocenters. The van der Waals surface area contributed by atoms with Crippen molar-refractivity contribution in [2.24, 2.45) is 0 Å². The molecule has 4 heteroatoms. The van der Waals surface area contributed by atoms with Crippen molar-refractivity contribution in [1.29, 1.82) is 0 Å². The molecule has 0 atom stereocenters. The van der Waals surface area contributed by atoms with Gasteiger partial charge in [-0.1, -0.05) is 24.3 Å². The molecule has 0 aliphatic heterocycles. The molecule has 1 rings (SSSR count). The summed E-state index contributed by atoms with van der Waals surface area (Å²) in [5, 5.41) is 0. The summed E-state index contributed by atoms with van der Waals surface area (Å²) in [4.78, 5) is 0.158. The smallest absolute Gasteiger partial charge is 0.262 e. The summed E-state index contributed by atoms with van der Waals surface area (Å²) in [7, 11) is -3.65. The van der Waals surface area contributed by atoms with Gasteiger partial charge in [-0.05, 0) is 25.1 Å². The van der Waals surface area contributed by atoms with Gasteiger partial charge in [0.15, 0.2) is 0 Å². The number of hydrogen-bond acceptors (Lipinski definition) is 3. The largest absolute Gasteiger partial charge is 0.297 e. The average molecular weight is 224 g/mol. The van der Waals surface area contributed by atoms with Gasteiger partial charge < -0.3 is 0 Å². The molecule has 0 heterocycles. The summed E-state index contributed by atoms with van der Waals surface area (Å²) in [6.07, 6.45) is 1.41. The molecule has 0 saturated carbocycles. The van der Waals surface area contributed by atoms with E-state index in [1.165, 1.54) is 18.2 Å². The van der Waals surface area contributed by atoms with E-state index in [1.807, 2.05) is 6.92 Å². The Kier molecular flexibility index (Phi) is 3.86. The lowest BCUT2D eigenvalue weighted by Gasteiger charge is -2.02. The number of aryl methyl sites for hydroxylation is 1. The van der Waals surface area contributed by atoms with Gasteiger partial charge in [-0.3, -0.25) is 4.18 Å². The third kappa shape index (κ3) is 3.36. The molecule has 1 aromatic rings. The van der Waals surface area contributed by atoms with Crippen molar-refractivity contribution in [2.45, 2.75) is 11.8 Å². The van der Waals surface area contributed by atoms with E-state index < -0.39 is 10.1 Å². The quantitative estimate of drug-likeness (QED) is 0.580. The van der Waals surface area contributed by atoms with E-state index in [0.717, 1.165) is 5.56 Å². The van der Waals surface area contributed by atoms with Gasteiger partial charge >= 0.3 is 0 Å². The van der Waals surface area contributed by atoms with E-state index >= 15 is 0 Å². The maximum absolute atomic E-state index is 11.5. The van der Waals surface area contributed by atoms with E-state index in [1.54, 1.807) is 12.1 Å². The molecular formula is C11H12O3S. The van der Waals surface area contributed by atoms with E-state index in [4.69, 9.17) is 4.18 Å².